The lowest BCUT2D eigenvalue weighted by molar-refractivity contribution is 0.765. The molecule has 0 spiro atoms. The summed E-state index contributed by atoms with van der Waals surface area (Å²) in [5.41, 5.74) is 8.52. The molecule has 2 aromatic rings. The molecule has 3 N–H and O–H groups in total. The summed E-state index contributed by atoms with van der Waals surface area (Å²) in [6.45, 7) is 4.10. The summed E-state index contributed by atoms with van der Waals surface area (Å²) in [6.07, 6.45) is 3.29. The molecule has 0 aromatic carbocycles. The van der Waals surface area contributed by atoms with Gasteiger partial charge in [0.2, 0.25) is 0 Å². The smallest absolute Gasteiger partial charge is 0.151 e. The number of aromatic amines is 1. The van der Waals surface area contributed by atoms with E-state index in [1.54, 1.807) is 0 Å². The van der Waals surface area contributed by atoms with Crippen LogP contribution in [-0.2, 0) is 6.42 Å². The molecular weight excluding hydrogens is 188 g/mol. The summed E-state index contributed by atoms with van der Waals surface area (Å²) in [6, 6.07) is 1.98. The van der Waals surface area contributed by atoms with Crippen LogP contribution in [0.5, 0.6) is 0 Å². The van der Waals surface area contributed by atoms with Crippen LogP contribution in [0.15, 0.2) is 6.07 Å². The second kappa shape index (κ2) is 3.88. The Bertz CT molecular complexity index is 473. The topological polar surface area (TPSA) is 67.6 Å². The third-order valence-corrected chi connectivity index (χ3v) is 2.44. The zero-order chi connectivity index (χ0) is 10.8. The van der Waals surface area contributed by atoms with Crippen molar-refractivity contribution in [3.8, 4) is 0 Å². The Morgan fingerprint density at radius 2 is 2.20 bits per heavy atom. The molecule has 0 unspecified atom stereocenters. The van der Waals surface area contributed by atoms with E-state index in [0.29, 0.717) is 5.82 Å². The van der Waals surface area contributed by atoms with Crippen LogP contribution >= 0.6 is 0 Å². The van der Waals surface area contributed by atoms with Gasteiger partial charge >= 0.3 is 0 Å². The molecular formula is C11H16N4. The second-order valence-electron chi connectivity index (χ2n) is 3.83. The van der Waals surface area contributed by atoms with Gasteiger partial charge in [-0.2, -0.15) is 0 Å². The largest absolute Gasteiger partial charge is 0.382 e. The van der Waals surface area contributed by atoms with E-state index in [1.807, 2.05) is 13.0 Å². The number of pyridine rings is 1. The van der Waals surface area contributed by atoms with Crippen LogP contribution in [0.1, 0.15) is 31.3 Å². The van der Waals surface area contributed by atoms with Crippen molar-refractivity contribution < 1.29 is 0 Å². The molecule has 0 aliphatic heterocycles. The Morgan fingerprint density at radius 3 is 2.93 bits per heavy atom. The van der Waals surface area contributed by atoms with Gasteiger partial charge in [-0.15, -0.1) is 0 Å². The molecule has 0 fully saturated rings. The number of hydrogen-bond donors (Lipinski definition) is 2. The van der Waals surface area contributed by atoms with Crippen molar-refractivity contribution in [3.05, 3.63) is 17.6 Å². The van der Waals surface area contributed by atoms with E-state index in [2.05, 4.69) is 21.9 Å². The maximum absolute atomic E-state index is 5.81. The molecule has 0 amide bonds. The third-order valence-electron chi connectivity index (χ3n) is 2.44. The van der Waals surface area contributed by atoms with Crippen LogP contribution in [-0.4, -0.2) is 15.0 Å². The van der Waals surface area contributed by atoms with Crippen LogP contribution in [0.25, 0.3) is 11.0 Å². The standard InChI is InChI=1S/C11H16N4/c1-3-4-5-9-14-8-6-7(2)13-11(12)10(8)15-9/h6H,3-5H2,1-2H3,(H2,12,13)(H,14,15). The van der Waals surface area contributed by atoms with Gasteiger partial charge in [0.15, 0.2) is 5.82 Å². The number of nitrogens with zero attached hydrogens (tertiary/aromatic N) is 2. The highest BCUT2D eigenvalue weighted by Crippen LogP contribution is 2.18. The molecule has 0 bridgehead atoms. The van der Waals surface area contributed by atoms with Gasteiger partial charge in [0.25, 0.3) is 0 Å². The minimum Gasteiger partial charge on any atom is -0.382 e. The molecule has 0 saturated carbocycles. The number of fused-ring (bicyclic) bond motifs is 1. The molecule has 15 heavy (non-hydrogen) atoms. The van der Waals surface area contributed by atoms with Crippen molar-refractivity contribution in [3.63, 3.8) is 0 Å². The van der Waals surface area contributed by atoms with Crippen molar-refractivity contribution in [2.24, 2.45) is 0 Å². The SMILES string of the molecule is CCCCc1nc2c(N)nc(C)cc2[nH]1. The van der Waals surface area contributed by atoms with E-state index in [0.717, 1.165) is 35.4 Å². The zero-order valence-electron chi connectivity index (χ0n) is 9.17. The van der Waals surface area contributed by atoms with Crippen LogP contribution in [0, 0.1) is 6.92 Å². The third kappa shape index (κ3) is 1.93. The molecule has 0 atom stereocenters. The highest BCUT2D eigenvalue weighted by atomic mass is 15.0. The Kier molecular flexibility index (Phi) is 2.58. The van der Waals surface area contributed by atoms with Gasteiger partial charge < -0.3 is 10.7 Å². The van der Waals surface area contributed by atoms with Crippen molar-refractivity contribution >= 4 is 16.9 Å². The van der Waals surface area contributed by atoms with E-state index in [1.165, 1.54) is 6.42 Å². The predicted molar refractivity (Wildman–Crippen MR) is 61.7 cm³/mol. The fourth-order valence-electron chi connectivity index (χ4n) is 1.68. The second-order valence-corrected chi connectivity index (χ2v) is 3.83. The number of aryl methyl sites for hydroxylation is 2. The van der Waals surface area contributed by atoms with Gasteiger partial charge in [-0.1, -0.05) is 13.3 Å². The number of anilines is 1. The van der Waals surface area contributed by atoms with Crippen molar-refractivity contribution in [2.45, 2.75) is 33.1 Å². The number of unbranched alkanes of at least 4 members (excludes halogenated alkanes) is 1. The summed E-state index contributed by atoms with van der Waals surface area (Å²) >= 11 is 0. The lowest BCUT2D eigenvalue weighted by atomic mass is 10.2. The maximum Gasteiger partial charge on any atom is 0.151 e. The highest BCUT2D eigenvalue weighted by molar-refractivity contribution is 5.85. The quantitative estimate of drug-likeness (QED) is 0.805. The molecule has 0 radical (unpaired) electrons. The number of nitrogens with two attached hydrogens (primary N) is 1. The summed E-state index contributed by atoms with van der Waals surface area (Å²) < 4.78 is 0. The fraction of sp³-hybridized carbons (Fsp3) is 0.455. The first kappa shape index (κ1) is 9.96. The number of rotatable bonds is 3. The first-order valence-electron chi connectivity index (χ1n) is 5.32. The number of nitrogen functional groups attached to an aromatic ring is 1. The lowest BCUT2D eigenvalue weighted by Gasteiger charge is -1.95. The van der Waals surface area contributed by atoms with E-state index in [9.17, 15) is 0 Å². The highest BCUT2D eigenvalue weighted by Gasteiger charge is 2.06. The summed E-state index contributed by atoms with van der Waals surface area (Å²) in [4.78, 5) is 11.9. The number of imidazole rings is 1. The van der Waals surface area contributed by atoms with Crippen LogP contribution in [0.2, 0.25) is 0 Å². The molecule has 0 saturated heterocycles. The van der Waals surface area contributed by atoms with Gasteiger partial charge in [-0.05, 0) is 19.4 Å². The number of nitrogens with one attached hydrogen (secondary N) is 1. The molecule has 2 aromatic heterocycles. The monoisotopic (exact) mass is 204 g/mol. The van der Waals surface area contributed by atoms with E-state index in [4.69, 9.17) is 5.73 Å². The normalized spacial score (nSPS) is 11.1. The summed E-state index contributed by atoms with van der Waals surface area (Å²) in [5.74, 6) is 1.52. The number of H-pyrrole nitrogens is 1. The van der Waals surface area contributed by atoms with Gasteiger partial charge in [0, 0.05) is 12.1 Å². The molecule has 4 heteroatoms. The summed E-state index contributed by atoms with van der Waals surface area (Å²) in [5, 5.41) is 0. The van der Waals surface area contributed by atoms with E-state index >= 15 is 0 Å². The average molecular weight is 204 g/mol. The molecule has 2 rings (SSSR count). The first-order chi connectivity index (χ1) is 7.20. The van der Waals surface area contributed by atoms with Crippen LogP contribution in [0.3, 0.4) is 0 Å². The summed E-state index contributed by atoms with van der Waals surface area (Å²) in [7, 11) is 0. The maximum atomic E-state index is 5.81. The van der Waals surface area contributed by atoms with Crippen molar-refractivity contribution in [1.29, 1.82) is 0 Å². The van der Waals surface area contributed by atoms with Gasteiger partial charge in [-0.3, -0.25) is 0 Å². The molecule has 4 nitrogen and oxygen atoms in total. The van der Waals surface area contributed by atoms with Crippen molar-refractivity contribution in [1.82, 2.24) is 15.0 Å². The van der Waals surface area contributed by atoms with Gasteiger partial charge in [-0.25, -0.2) is 9.97 Å². The first-order valence-corrected chi connectivity index (χ1v) is 5.32. The van der Waals surface area contributed by atoms with E-state index in [-0.39, 0.29) is 0 Å². The Hall–Kier alpha value is -1.58. The lowest BCUT2D eigenvalue weighted by Crippen LogP contribution is -1.93. The minimum absolute atomic E-state index is 0.518. The van der Waals surface area contributed by atoms with Gasteiger partial charge in [0.1, 0.15) is 11.3 Å². The number of hydrogen-bond acceptors (Lipinski definition) is 3. The van der Waals surface area contributed by atoms with E-state index < -0.39 is 0 Å². The fourth-order valence-corrected chi connectivity index (χ4v) is 1.68. The Labute approximate surface area is 88.9 Å². The minimum atomic E-state index is 0.518. The molecule has 80 valence electrons. The van der Waals surface area contributed by atoms with Gasteiger partial charge in [0.05, 0.1) is 5.52 Å². The Balaban J connectivity index is 2.41. The molecule has 0 aliphatic rings. The average Bonchev–Trinajstić information content (AvgIpc) is 2.57. The molecule has 0 aliphatic carbocycles. The molecule has 2 heterocycles. The number of aromatic nitrogens is 3. The zero-order valence-corrected chi connectivity index (χ0v) is 9.17. The van der Waals surface area contributed by atoms with Crippen LogP contribution < -0.4 is 5.73 Å². The Morgan fingerprint density at radius 1 is 1.40 bits per heavy atom. The van der Waals surface area contributed by atoms with Crippen LogP contribution in [0.4, 0.5) is 5.82 Å². The van der Waals surface area contributed by atoms with Crippen molar-refractivity contribution in [2.75, 3.05) is 5.73 Å². The predicted octanol–water partition coefficient (Wildman–Crippen LogP) is 2.19.